The maximum atomic E-state index is 12.4. The molecule has 0 radical (unpaired) electrons. The van der Waals surface area contributed by atoms with Gasteiger partial charge in [0.25, 0.3) is 5.91 Å². The normalized spacial score (nSPS) is 13.5. The molecule has 0 fully saturated rings. The van der Waals surface area contributed by atoms with Gasteiger partial charge in [-0.3, -0.25) is 4.79 Å². The number of carbonyl (C=O) groups excluding carboxylic acids is 2. The molecule has 6 heteroatoms. The Morgan fingerprint density at radius 2 is 1.96 bits per heavy atom. The Balaban J connectivity index is 1.66. The second-order valence-electron chi connectivity index (χ2n) is 6.24. The van der Waals surface area contributed by atoms with Gasteiger partial charge in [0.05, 0.1) is 18.4 Å². The average Bonchev–Trinajstić information content (AvgIpc) is 2.67. The van der Waals surface area contributed by atoms with Crippen molar-refractivity contribution in [3.8, 4) is 11.5 Å². The van der Waals surface area contributed by atoms with E-state index in [1.807, 2.05) is 37.3 Å². The molecular formula is C21H21NO5. The van der Waals surface area contributed by atoms with Crippen LogP contribution in [0.2, 0.25) is 0 Å². The Labute approximate surface area is 157 Å². The lowest BCUT2D eigenvalue weighted by atomic mass is 10.1. The number of esters is 1. The summed E-state index contributed by atoms with van der Waals surface area (Å²) < 4.78 is 16.1. The first kappa shape index (κ1) is 18.5. The number of ether oxygens (including phenoxy) is 3. The van der Waals surface area contributed by atoms with E-state index >= 15 is 0 Å². The molecule has 2 aromatic carbocycles. The number of rotatable bonds is 5. The molecule has 1 aliphatic heterocycles. The van der Waals surface area contributed by atoms with Crippen LogP contribution >= 0.6 is 0 Å². The van der Waals surface area contributed by atoms with Gasteiger partial charge in [0.15, 0.2) is 6.10 Å². The Hall–Kier alpha value is -3.28. The monoisotopic (exact) mass is 367 g/mol. The van der Waals surface area contributed by atoms with Crippen LogP contribution in [0.5, 0.6) is 11.5 Å². The van der Waals surface area contributed by atoms with Crippen LogP contribution in [-0.2, 0) is 14.3 Å². The lowest BCUT2D eigenvalue weighted by molar-refractivity contribution is -0.149. The minimum Gasteiger partial charge on any atom is -0.495 e. The molecule has 0 spiro atoms. The van der Waals surface area contributed by atoms with Crippen molar-refractivity contribution in [1.82, 2.24) is 0 Å². The van der Waals surface area contributed by atoms with Gasteiger partial charge >= 0.3 is 5.97 Å². The van der Waals surface area contributed by atoms with Crippen molar-refractivity contribution in [2.45, 2.75) is 20.0 Å². The van der Waals surface area contributed by atoms with Crippen LogP contribution < -0.4 is 14.8 Å². The maximum absolute atomic E-state index is 12.4. The molecule has 6 nitrogen and oxygen atoms in total. The summed E-state index contributed by atoms with van der Waals surface area (Å²) >= 11 is 0. The largest absolute Gasteiger partial charge is 0.495 e. The molecule has 1 unspecified atom stereocenters. The highest BCUT2D eigenvalue weighted by Crippen LogP contribution is 2.27. The topological polar surface area (TPSA) is 73.9 Å². The number of hydrogen-bond donors (Lipinski definition) is 1. The van der Waals surface area contributed by atoms with Gasteiger partial charge in [0.2, 0.25) is 0 Å². The minimum absolute atomic E-state index is 0.107. The Kier molecular flexibility index (Phi) is 5.45. The number of methoxy groups -OCH3 is 1. The second-order valence-corrected chi connectivity index (χ2v) is 6.24. The number of aryl methyl sites for hydroxylation is 1. The number of hydrogen-bond acceptors (Lipinski definition) is 5. The predicted molar refractivity (Wildman–Crippen MR) is 102 cm³/mol. The molecule has 1 amide bonds. The van der Waals surface area contributed by atoms with E-state index in [1.54, 1.807) is 18.2 Å². The zero-order chi connectivity index (χ0) is 19.4. The third-order valence-electron chi connectivity index (χ3n) is 4.16. The van der Waals surface area contributed by atoms with E-state index in [9.17, 15) is 9.59 Å². The zero-order valence-corrected chi connectivity index (χ0v) is 15.4. The maximum Gasteiger partial charge on any atom is 0.338 e. The lowest BCUT2D eigenvalue weighted by Crippen LogP contribution is -2.31. The zero-order valence-electron chi connectivity index (χ0n) is 15.4. The predicted octanol–water partition coefficient (Wildman–Crippen LogP) is 3.35. The van der Waals surface area contributed by atoms with Crippen LogP contribution in [-0.4, -0.2) is 31.7 Å². The molecule has 1 atom stereocenters. The molecule has 1 heterocycles. The molecule has 0 saturated carbocycles. The summed E-state index contributed by atoms with van der Waals surface area (Å²) in [5.41, 5.74) is 2.66. The Morgan fingerprint density at radius 3 is 2.74 bits per heavy atom. The van der Waals surface area contributed by atoms with E-state index in [0.29, 0.717) is 22.8 Å². The molecule has 2 aromatic rings. The van der Waals surface area contributed by atoms with Gasteiger partial charge in [0.1, 0.15) is 18.1 Å². The van der Waals surface area contributed by atoms with Gasteiger partial charge in [-0.1, -0.05) is 24.3 Å². The first-order valence-corrected chi connectivity index (χ1v) is 8.57. The van der Waals surface area contributed by atoms with Crippen molar-refractivity contribution in [3.63, 3.8) is 0 Å². The standard InChI is InChI=1S/C21H21NO5/c1-13-8-9-19(25-3)17(10-13)22-20(23)14(2)27-21(24)16-11-15-6-4-5-7-18(15)26-12-16/h4-11,14H,12H2,1-3H3,(H,22,23). The second kappa shape index (κ2) is 7.95. The number of anilines is 1. The molecule has 0 saturated heterocycles. The summed E-state index contributed by atoms with van der Waals surface area (Å²) in [4.78, 5) is 24.8. The highest BCUT2D eigenvalue weighted by Gasteiger charge is 2.24. The number of nitrogens with one attached hydrogen (secondary N) is 1. The van der Waals surface area contributed by atoms with Crippen LogP contribution in [0, 0.1) is 6.92 Å². The lowest BCUT2D eigenvalue weighted by Gasteiger charge is -2.19. The van der Waals surface area contributed by atoms with Crippen molar-refractivity contribution in [2.24, 2.45) is 0 Å². The summed E-state index contributed by atoms with van der Waals surface area (Å²) in [7, 11) is 1.52. The summed E-state index contributed by atoms with van der Waals surface area (Å²) in [5.74, 6) is 0.229. The average molecular weight is 367 g/mol. The molecule has 1 aliphatic rings. The summed E-state index contributed by atoms with van der Waals surface area (Å²) in [6, 6.07) is 12.8. The molecule has 0 bridgehead atoms. The Morgan fingerprint density at radius 1 is 1.19 bits per heavy atom. The van der Waals surface area contributed by atoms with Crippen molar-refractivity contribution in [3.05, 3.63) is 59.2 Å². The van der Waals surface area contributed by atoms with E-state index in [2.05, 4.69) is 5.32 Å². The van der Waals surface area contributed by atoms with E-state index in [-0.39, 0.29) is 6.61 Å². The van der Waals surface area contributed by atoms with Gasteiger partial charge in [-0.05, 0) is 43.7 Å². The van der Waals surface area contributed by atoms with Crippen LogP contribution in [0.1, 0.15) is 18.1 Å². The number of para-hydroxylation sites is 1. The van der Waals surface area contributed by atoms with Gasteiger partial charge in [0, 0.05) is 5.56 Å². The molecule has 0 aliphatic carbocycles. The van der Waals surface area contributed by atoms with E-state index in [4.69, 9.17) is 14.2 Å². The summed E-state index contributed by atoms with van der Waals surface area (Å²) in [6.07, 6.45) is 0.746. The van der Waals surface area contributed by atoms with Crippen molar-refractivity contribution in [2.75, 3.05) is 19.0 Å². The first-order valence-electron chi connectivity index (χ1n) is 8.57. The van der Waals surface area contributed by atoms with E-state index < -0.39 is 18.0 Å². The van der Waals surface area contributed by atoms with E-state index in [0.717, 1.165) is 11.1 Å². The molecule has 140 valence electrons. The Bertz CT molecular complexity index is 903. The third kappa shape index (κ3) is 4.28. The van der Waals surface area contributed by atoms with Crippen molar-refractivity contribution >= 4 is 23.6 Å². The van der Waals surface area contributed by atoms with Crippen molar-refractivity contribution < 1.29 is 23.8 Å². The van der Waals surface area contributed by atoms with Gasteiger partial charge in [-0.2, -0.15) is 0 Å². The number of benzene rings is 2. The fourth-order valence-corrected chi connectivity index (χ4v) is 2.68. The van der Waals surface area contributed by atoms with Crippen LogP contribution in [0.15, 0.2) is 48.0 Å². The molecule has 27 heavy (non-hydrogen) atoms. The molecule has 0 aromatic heterocycles. The highest BCUT2D eigenvalue weighted by molar-refractivity contribution is 6.00. The first-order chi connectivity index (χ1) is 13.0. The quantitative estimate of drug-likeness (QED) is 0.821. The number of amides is 1. The molecule has 3 rings (SSSR count). The van der Waals surface area contributed by atoms with Gasteiger partial charge in [-0.25, -0.2) is 4.79 Å². The fraction of sp³-hybridized carbons (Fsp3) is 0.238. The van der Waals surface area contributed by atoms with E-state index in [1.165, 1.54) is 14.0 Å². The molecular weight excluding hydrogens is 346 g/mol. The number of fused-ring (bicyclic) bond motifs is 1. The number of carbonyl (C=O) groups is 2. The minimum atomic E-state index is -0.971. The summed E-state index contributed by atoms with van der Waals surface area (Å²) in [6.45, 7) is 3.54. The van der Waals surface area contributed by atoms with Crippen LogP contribution in [0.25, 0.3) is 6.08 Å². The SMILES string of the molecule is COc1ccc(C)cc1NC(=O)C(C)OC(=O)C1=Cc2ccccc2OC1. The molecule has 1 N–H and O–H groups in total. The van der Waals surface area contributed by atoms with Crippen molar-refractivity contribution in [1.29, 1.82) is 0 Å². The highest BCUT2D eigenvalue weighted by atomic mass is 16.6. The van der Waals surface area contributed by atoms with Gasteiger partial charge in [-0.15, -0.1) is 0 Å². The summed E-state index contributed by atoms with van der Waals surface area (Å²) in [5, 5.41) is 2.73. The van der Waals surface area contributed by atoms with Crippen LogP contribution in [0.3, 0.4) is 0 Å². The third-order valence-corrected chi connectivity index (χ3v) is 4.16. The fourth-order valence-electron chi connectivity index (χ4n) is 2.68. The smallest absolute Gasteiger partial charge is 0.338 e. The van der Waals surface area contributed by atoms with Gasteiger partial charge < -0.3 is 19.5 Å². The van der Waals surface area contributed by atoms with Crippen LogP contribution in [0.4, 0.5) is 5.69 Å².